The highest BCUT2D eigenvalue weighted by Crippen LogP contribution is 2.67. The van der Waals surface area contributed by atoms with Crippen LogP contribution in [0.1, 0.15) is 46.0 Å². The van der Waals surface area contributed by atoms with Crippen LogP contribution >= 0.6 is 0 Å². The number of hydrogen-bond donors (Lipinski definition) is 2. The van der Waals surface area contributed by atoms with Crippen LogP contribution in [0.3, 0.4) is 0 Å². The van der Waals surface area contributed by atoms with Crippen LogP contribution in [0.2, 0.25) is 0 Å². The van der Waals surface area contributed by atoms with Crippen molar-refractivity contribution < 1.29 is 29.3 Å². The molecule has 7 atom stereocenters. The van der Waals surface area contributed by atoms with Gasteiger partial charge in [0.15, 0.2) is 12.4 Å². The summed E-state index contributed by atoms with van der Waals surface area (Å²) in [7, 11) is 3.48. The van der Waals surface area contributed by atoms with Crippen molar-refractivity contribution in [3.8, 4) is 0 Å². The largest absolute Gasteiger partial charge is 0.457 e. The first-order valence-corrected chi connectivity index (χ1v) is 11.6. The first-order valence-electron chi connectivity index (χ1n) is 11.6. The minimum atomic E-state index is -1.63. The van der Waals surface area contributed by atoms with Crippen LogP contribution in [0.15, 0.2) is 23.8 Å². The molecule has 176 valence electrons. The second kappa shape index (κ2) is 7.89. The van der Waals surface area contributed by atoms with E-state index in [0.29, 0.717) is 19.3 Å². The van der Waals surface area contributed by atoms with Gasteiger partial charge in [0.25, 0.3) is 0 Å². The lowest BCUT2D eigenvalue weighted by molar-refractivity contribution is -0.181. The number of likely N-dealkylation sites (N-methyl/N-ethyl adjacent to an activating group) is 1. The Morgan fingerprint density at radius 1 is 1.25 bits per heavy atom. The van der Waals surface area contributed by atoms with E-state index < -0.39 is 35.5 Å². The summed E-state index contributed by atoms with van der Waals surface area (Å²) in [5.41, 5.74) is -1.72. The Hall–Kier alpha value is -1.83. The van der Waals surface area contributed by atoms with Gasteiger partial charge in [0.1, 0.15) is 5.60 Å². The Kier molecular flexibility index (Phi) is 5.75. The molecule has 4 rings (SSSR count). The molecule has 1 unspecified atom stereocenters. The van der Waals surface area contributed by atoms with E-state index in [1.807, 2.05) is 13.0 Å². The molecule has 0 saturated heterocycles. The molecule has 0 spiro atoms. The first kappa shape index (κ1) is 23.3. The summed E-state index contributed by atoms with van der Waals surface area (Å²) in [4.78, 5) is 38.6. The van der Waals surface area contributed by atoms with E-state index in [9.17, 15) is 24.6 Å². The molecule has 0 radical (unpaired) electrons. The zero-order valence-electron chi connectivity index (χ0n) is 19.5. The molecule has 0 aromatic heterocycles. The van der Waals surface area contributed by atoms with Crippen LogP contribution in [0.25, 0.3) is 0 Å². The zero-order chi connectivity index (χ0) is 23.5. The van der Waals surface area contributed by atoms with E-state index in [1.165, 1.54) is 0 Å². The molecule has 0 aromatic rings. The average molecular weight is 446 g/mol. The highest BCUT2D eigenvalue weighted by atomic mass is 16.5. The Labute approximate surface area is 189 Å². The maximum Gasteiger partial charge on any atom is 0.320 e. The number of rotatable bonds is 5. The van der Waals surface area contributed by atoms with Crippen molar-refractivity contribution in [1.82, 2.24) is 4.90 Å². The van der Waals surface area contributed by atoms with Gasteiger partial charge >= 0.3 is 5.97 Å². The fourth-order valence-corrected chi connectivity index (χ4v) is 7.36. The van der Waals surface area contributed by atoms with Gasteiger partial charge in [0, 0.05) is 16.7 Å². The van der Waals surface area contributed by atoms with Crippen LogP contribution in [-0.4, -0.2) is 71.6 Å². The number of Topliss-reactive ketones (excluding diaryl/α,β-unsaturated/α-hetero) is 1. The van der Waals surface area contributed by atoms with Crippen molar-refractivity contribution in [3.05, 3.63) is 23.8 Å². The van der Waals surface area contributed by atoms with Gasteiger partial charge in [-0.15, -0.1) is 0 Å². The van der Waals surface area contributed by atoms with Crippen molar-refractivity contribution in [1.29, 1.82) is 0 Å². The summed E-state index contributed by atoms with van der Waals surface area (Å²) < 4.78 is 5.15. The van der Waals surface area contributed by atoms with Crippen LogP contribution in [-0.2, 0) is 19.1 Å². The molecule has 2 N–H and O–H groups in total. The number of carbonyl (C=O) groups excluding carboxylic acids is 3. The molecular formula is C25H35NO6. The second-order valence-electron chi connectivity index (χ2n) is 10.9. The number of allylic oxidation sites excluding steroid dienone is 4. The fraction of sp³-hybridized carbons (Fsp3) is 0.720. The molecule has 0 aromatic carbocycles. The molecule has 0 aliphatic heterocycles. The Balaban J connectivity index is 1.57. The standard InChI is InChI=1S/C25H35NO6/c1-23-9-7-16(27)11-15(23)5-6-17-18-8-10-25(31,24(18,2)12-19(28)22(17)23)20(29)14-32-21(30)13-26(3)4/h7,9,11,17-19,22,28,31H,5-6,8,10,12-14H2,1-4H3/t17-,18-,19?,22+,23-,24-,25-/m0/s1. The van der Waals surface area contributed by atoms with Crippen molar-refractivity contribution >= 4 is 17.5 Å². The van der Waals surface area contributed by atoms with E-state index in [-0.39, 0.29) is 35.5 Å². The van der Waals surface area contributed by atoms with Gasteiger partial charge in [-0.1, -0.05) is 25.5 Å². The lowest BCUT2D eigenvalue weighted by Gasteiger charge is -2.59. The normalized spacial score (nSPS) is 42.7. The molecule has 3 fully saturated rings. The van der Waals surface area contributed by atoms with Crippen LogP contribution in [0, 0.1) is 28.6 Å². The fourth-order valence-electron chi connectivity index (χ4n) is 7.36. The summed E-state index contributed by atoms with van der Waals surface area (Å²) in [6.45, 7) is 3.63. The van der Waals surface area contributed by atoms with Crippen molar-refractivity contribution in [2.24, 2.45) is 28.6 Å². The van der Waals surface area contributed by atoms with E-state index in [4.69, 9.17) is 4.74 Å². The maximum atomic E-state index is 13.1. The van der Waals surface area contributed by atoms with Gasteiger partial charge < -0.3 is 14.9 Å². The molecule has 7 nitrogen and oxygen atoms in total. The maximum absolute atomic E-state index is 13.1. The minimum absolute atomic E-state index is 0.00397. The Morgan fingerprint density at radius 2 is 1.97 bits per heavy atom. The smallest absolute Gasteiger partial charge is 0.320 e. The number of fused-ring (bicyclic) bond motifs is 5. The summed E-state index contributed by atoms with van der Waals surface area (Å²) in [6.07, 6.45) is 7.46. The highest BCUT2D eigenvalue weighted by Gasteiger charge is 2.68. The number of nitrogens with zero attached hydrogens (tertiary/aromatic N) is 1. The van der Waals surface area contributed by atoms with Crippen LogP contribution in [0.5, 0.6) is 0 Å². The molecule has 4 aliphatic rings. The number of carbonyl (C=O) groups is 3. The summed E-state index contributed by atoms with van der Waals surface area (Å²) in [6, 6.07) is 0. The van der Waals surface area contributed by atoms with E-state index >= 15 is 0 Å². The summed E-state index contributed by atoms with van der Waals surface area (Å²) >= 11 is 0. The van der Waals surface area contributed by atoms with E-state index in [0.717, 1.165) is 18.4 Å². The molecule has 0 bridgehead atoms. The molecule has 0 heterocycles. The van der Waals surface area contributed by atoms with Crippen molar-refractivity contribution in [3.63, 3.8) is 0 Å². The van der Waals surface area contributed by atoms with Gasteiger partial charge in [-0.25, -0.2) is 0 Å². The first-order chi connectivity index (χ1) is 14.9. The van der Waals surface area contributed by atoms with Crippen molar-refractivity contribution in [2.45, 2.75) is 57.7 Å². The van der Waals surface area contributed by atoms with Gasteiger partial charge in [0.2, 0.25) is 5.78 Å². The summed E-state index contributed by atoms with van der Waals surface area (Å²) in [5, 5.41) is 23.0. The predicted octanol–water partition coefficient (Wildman–Crippen LogP) is 1.67. The third-order valence-electron chi connectivity index (χ3n) is 8.92. The molecule has 3 saturated carbocycles. The molecular weight excluding hydrogens is 410 g/mol. The third-order valence-corrected chi connectivity index (χ3v) is 8.92. The van der Waals surface area contributed by atoms with E-state index in [1.54, 1.807) is 31.1 Å². The zero-order valence-corrected chi connectivity index (χ0v) is 19.5. The van der Waals surface area contributed by atoms with Gasteiger partial charge in [-0.3, -0.25) is 19.3 Å². The number of hydrogen-bond acceptors (Lipinski definition) is 7. The third kappa shape index (κ3) is 3.40. The van der Waals surface area contributed by atoms with Gasteiger partial charge in [-0.2, -0.15) is 0 Å². The second-order valence-corrected chi connectivity index (χ2v) is 10.9. The molecule has 32 heavy (non-hydrogen) atoms. The lowest BCUT2D eigenvalue weighted by atomic mass is 9.46. The molecule has 4 aliphatic carbocycles. The SMILES string of the molecule is CN(C)CC(=O)OCC(=O)[C@@]1(O)CC[C@H]2[C@@H]3CCC4=CC(=O)C=C[C@]4(C)[C@H]3C(O)C[C@@]21C. The highest BCUT2D eigenvalue weighted by molar-refractivity contribution is 6.01. The molecule has 7 heteroatoms. The Bertz CT molecular complexity index is 893. The summed E-state index contributed by atoms with van der Waals surface area (Å²) in [5.74, 6) is -0.829. The number of ether oxygens (including phenoxy) is 1. The predicted molar refractivity (Wildman–Crippen MR) is 117 cm³/mol. The van der Waals surface area contributed by atoms with Gasteiger partial charge in [-0.05, 0) is 70.2 Å². The van der Waals surface area contributed by atoms with Crippen LogP contribution < -0.4 is 0 Å². The number of aliphatic hydroxyl groups is 2. The molecule has 0 amide bonds. The average Bonchev–Trinajstić information content (AvgIpc) is 2.97. The Morgan fingerprint density at radius 3 is 2.66 bits per heavy atom. The lowest BCUT2D eigenvalue weighted by Crippen LogP contribution is -2.61. The number of aliphatic hydroxyl groups excluding tert-OH is 1. The minimum Gasteiger partial charge on any atom is -0.457 e. The quantitative estimate of drug-likeness (QED) is 0.621. The monoisotopic (exact) mass is 445 g/mol. The van der Waals surface area contributed by atoms with Crippen LogP contribution in [0.4, 0.5) is 0 Å². The number of ketones is 2. The van der Waals surface area contributed by atoms with Crippen molar-refractivity contribution in [2.75, 3.05) is 27.2 Å². The van der Waals surface area contributed by atoms with E-state index in [2.05, 4.69) is 6.92 Å². The number of esters is 1. The topological polar surface area (TPSA) is 104 Å². The van der Waals surface area contributed by atoms with Gasteiger partial charge in [0.05, 0.1) is 12.6 Å².